The minimum Gasteiger partial charge on any atom is -0.339 e. The molecule has 2 fully saturated rings. The van der Waals surface area contributed by atoms with Crippen LogP contribution in [0, 0.1) is 5.92 Å². The Labute approximate surface area is 111 Å². The molecule has 2 rings (SSSR count). The number of nitrogens with two attached hydrogens (primary N) is 1. The molecule has 3 nitrogen and oxygen atoms in total. The second-order valence-corrected chi connectivity index (χ2v) is 6.22. The highest BCUT2D eigenvalue weighted by atomic mass is 16.2. The Morgan fingerprint density at radius 1 is 1.17 bits per heavy atom. The third-order valence-corrected chi connectivity index (χ3v) is 4.72. The van der Waals surface area contributed by atoms with Gasteiger partial charge < -0.3 is 10.6 Å². The van der Waals surface area contributed by atoms with E-state index < -0.39 is 0 Å². The lowest BCUT2D eigenvalue weighted by molar-refractivity contribution is -0.136. The van der Waals surface area contributed by atoms with Gasteiger partial charge in [0.05, 0.1) is 6.04 Å². The molecule has 2 atom stereocenters. The first-order valence-corrected chi connectivity index (χ1v) is 7.74. The monoisotopic (exact) mass is 252 g/mol. The summed E-state index contributed by atoms with van der Waals surface area (Å²) in [6.07, 6.45) is 11.0. The first kappa shape index (κ1) is 13.9. The van der Waals surface area contributed by atoms with Crippen LogP contribution < -0.4 is 5.73 Å². The minimum atomic E-state index is -0.256. The summed E-state index contributed by atoms with van der Waals surface area (Å²) in [6.45, 7) is 3.07. The predicted molar refractivity (Wildman–Crippen MR) is 74.2 cm³/mol. The largest absolute Gasteiger partial charge is 0.339 e. The van der Waals surface area contributed by atoms with E-state index >= 15 is 0 Å². The number of nitrogens with zero attached hydrogens (tertiary/aromatic N) is 1. The van der Waals surface area contributed by atoms with Crippen LogP contribution in [-0.2, 0) is 4.79 Å². The lowest BCUT2D eigenvalue weighted by Gasteiger charge is -2.36. The maximum absolute atomic E-state index is 12.4. The third-order valence-electron chi connectivity index (χ3n) is 4.72. The van der Waals surface area contributed by atoms with Crippen molar-refractivity contribution in [3.05, 3.63) is 0 Å². The normalized spacial score (nSPS) is 28.1. The molecule has 104 valence electrons. The molecule has 0 aromatic carbocycles. The molecule has 1 aliphatic heterocycles. The molecule has 2 unspecified atom stereocenters. The molecule has 0 radical (unpaired) electrons. The second kappa shape index (κ2) is 6.55. The highest BCUT2D eigenvalue weighted by molar-refractivity contribution is 5.82. The topological polar surface area (TPSA) is 46.3 Å². The molecule has 2 aliphatic rings. The van der Waals surface area contributed by atoms with Crippen molar-refractivity contribution in [3.63, 3.8) is 0 Å². The molecule has 1 heterocycles. The summed E-state index contributed by atoms with van der Waals surface area (Å²) in [4.78, 5) is 14.4. The van der Waals surface area contributed by atoms with E-state index in [-0.39, 0.29) is 11.9 Å². The first-order valence-electron chi connectivity index (χ1n) is 7.74. The molecule has 0 aromatic heterocycles. The Morgan fingerprint density at radius 3 is 2.50 bits per heavy atom. The maximum Gasteiger partial charge on any atom is 0.239 e. The number of likely N-dealkylation sites (tertiary alicyclic amines) is 1. The number of carbonyl (C=O) groups is 1. The van der Waals surface area contributed by atoms with Gasteiger partial charge in [-0.05, 0) is 38.5 Å². The van der Waals surface area contributed by atoms with Crippen LogP contribution in [0.25, 0.3) is 0 Å². The predicted octanol–water partition coefficient (Wildman–Crippen LogP) is 2.69. The van der Waals surface area contributed by atoms with Gasteiger partial charge in [-0.2, -0.15) is 0 Å². The fourth-order valence-electron chi connectivity index (χ4n) is 3.52. The summed E-state index contributed by atoms with van der Waals surface area (Å²) in [5, 5.41) is 0. The van der Waals surface area contributed by atoms with Crippen LogP contribution in [-0.4, -0.2) is 29.4 Å². The minimum absolute atomic E-state index is 0.202. The van der Waals surface area contributed by atoms with Crippen LogP contribution in [0.3, 0.4) is 0 Å². The Morgan fingerprint density at radius 2 is 1.83 bits per heavy atom. The van der Waals surface area contributed by atoms with Crippen LogP contribution in [0.2, 0.25) is 0 Å². The molecule has 2 N–H and O–H groups in total. The molecule has 0 aromatic rings. The molecule has 1 saturated heterocycles. The molecule has 18 heavy (non-hydrogen) atoms. The Hall–Kier alpha value is -0.570. The second-order valence-electron chi connectivity index (χ2n) is 6.22. The molecular weight excluding hydrogens is 224 g/mol. The van der Waals surface area contributed by atoms with Gasteiger partial charge in [-0.25, -0.2) is 0 Å². The third kappa shape index (κ3) is 3.47. The summed E-state index contributed by atoms with van der Waals surface area (Å²) in [5.74, 6) is 0.894. The summed E-state index contributed by atoms with van der Waals surface area (Å²) in [5.41, 5.74) is 6.15. The van der Waals surface area contributed by atoms with Crippen LogP contribution in [0.1, 0.15) is 64.7 Å². The van der Waals surface area contributed by atoms with E-state index in [9.17, 15) is 4.79 Å². The zero-order valence-corrected chi connectivity index (χ0v) is 11.7. The summed E-state index contributed by atoms with van der Waals surface area (Å²) in [7, 11) is 0. The number of rotatable bonds is 3. The van der Waals surface area contributed by atoms with Crippen molar-refractivity contribution in [2.75, 3.05) is 6.54 Å². The lowest BCUT2D eigenvalue weighted by Crippen LogP contribution is -2.50. The van der Waals surface area contributed by atoms with Crippen molar-refractivity contribution in [2.45, 2.75) is 76.8 Å². The van der Waals surface area contributed by atoms with Gasteiger partial charge in [0.1, 0.15) is 0 Å². The number of hydrogen-bond donors (Lipinski definition) is 1. The zero-order chi connectivity index (χ0) is 13.0. The van der Waals surface area contributed by atoms with Crippen molar-refractivity contribution in [1.82, 2.24) is 4.90 Å². The van der Waals surface area contributed by atoms with Crippen LogP contribution in [0.5, 0.6) is 0 Å². The summed E-state index contributed by atoms with van der Waals surface area (Å²) in [6, 6.07) is 0.136. The first-order chi connectivity index (χ1) is 8.68. The van der Waals surface area contributed by atoms with Gasteiger partial charge in [0.15, 0.2) is 0 Å². The highest BCUT2D eigenvalue weighted by Crippen LogP contribution is 2.28. The zero-order valence-electron chi connectivity index (χ0n) is 11.7. The van der Waals surface area contributed by atoms with Gasteiger partial charge >= 0.3 is 0 Å². The van der Waals surface area contributed by atoms with E-state index in [0.29, 0.717) is 12.0 Å². The standard InChI is InChI=1S/C15H28N2O/c1-12-7-5-6-10-17(12)15(18)14(16)11-13-8-3-2-4-9-13/h12-14H,2-11,16H2,1H3. The summed E-state index contributed by atoms with van der Waals surface area (Å²) < 4.78 is 0. The molecule has 1 saturated carbocycles. The van der Waals surface area contributed by atoms with Gasteiger partial charge in [-0.3, -0.25) is 4.79 Å². The quantitative estimate of drug-likeness (QED) is 0.839. The van der Waals surface area contributed by atoms with Gasteiger partial charge in [-0.15, -0.1) is 0 Å². The SMILES string of the molecule is CC1CCCCN1C(=O)C(N)CC1CCCCC1. The van der Waals surface area contributed by atoms with E-state index in [4.69, 9.17) is 5.73 Å². The Balaban J connectivity index is 1.83. The number of piperidine rings is 1. The highest BCUT2D eigenvalue weighted by Gasteiger charge is 2.29. The molecule has 1 aliphatic carbocycles. The van der Waals surface area contributed by atoms with Crippen LogP contribution in [0.15, 0.2) is 0 Å². The molecule has 0 spiro atoms. The van der Waals surface area contributed by atoms with Gasteiger partial charge in [0.25, 0.3) is 0 Å². The molecular formula is C15H28N2O. The maximum atomic E-state index is 12.4. The average molecular weight is 252 g/mol. The smallest absolute Gasteiger partial charge is 0.239 e. The van der Waals surface area contributed by atoms with E-state index in [1.54, 1.807) is 0 Å². The number of hydrogen-bond acceptors (Lipinski definition) is 2. The molecule has 0 bridgehead atoms. The van der Waals surface area contributed by atoms with E-state index in [1.165, 1.54) is 38.5 Å². The number of carbonyl (C=O) groups excluding carboxylic acids is 1. The van der Waals surface area contributed by atoms with Crippen molar-refractivity contribution in [2.24, 2.45) is 11.7 Å². The van der Waals surface area contributed by atoms with Gasteiger partial charge in [0, 0.05) is 12.6 Å². The summed E-state index contributed by atoms with van der Waals surface area (Å²) >= 11 is 0. The van der Waals surface area contributed by atoms with Crippen LogP contribution in [0.4, 0.5) is 0 Å². The van der Waals surface area contributed by atoms with Crippen molar-refractivity contribution >= 4 is 5.91 Å². The van der Waals surface area contributed by atoms with E-state index in [0.717, 1.165) is 25.8 Å². The Kier molecular flexibility index (Phi) is 5.04. The van der Waals surface area contributed by atoms with Gasteiger partial charge in [-0.1, -0.05) is 32.1 Å². The Bertz CT molecular complexity index is 274. The van der Waals surface area contributed by atoms with Gasteiger partial charge in [0.2, 0.25) is 5.91 Å². The molecule has 1 amide bonds. The van der Waals surface area contributed by atoms with Crippen molar-refractivity contribution in [1.29, 1.82) is 0 Å². The lowest BCUT2D eigenvalue weighted by atomic mass is 9.84. The van der Waals surface area contributed by atoms with E-state index in [1.807, 2.05) is 4.90 Å². The average Bonchev–Trinajstić information content (AvgIpc) is 2.39. The fourth-order valence-corrected chi connectivity index (χ4v) is 3.52. The van der Waals surface area contributed by atoms with Crippen molar-refractivity contribution in [3.8, 4) is 0 Å². The fraction of sp³-hybridized carbons (Fsp3) is 0.933. The van der Waals surface area contributed by atoms with E-state index in [2.05, 4.69) is 6.92 Å². The van der Waals surface area contributed by atoms with Crippen LogP contribution >= 0.6 is 0 Å². The molecule has 3 heteroatoms. The van der Waals surface area contributed by atoms with Crippen molar-refractivity contribution < 1.29 is 4.79 Å². The number of amides is 1.